The highest BCUT2D eigenvalue weighted by Gasteiger charge is 2.31. The van der Waals surface area contributed by atoms with Gasteiger partial charge in [0.05, 0.1) is 23.1 Å². The molecule has 5 aromatic rings. The predicted octanol–water partition coefficient (Wildman–Crippen LogP) is 5.72. The molecular formula is C27H25FN6. The van der Waals surface area contributed by atoms with Crippen LogP contribution in [0.1, 0.15) is 25.2 Å². The van der Waals surface area contributed by atoms with Gasteiger partial charge in [-0.05, 0) is 61.2 Å². The molecule has 7 heteroatoms. The van der Waals surface area contributed by atoms with E-state index in [0.717, 1.165) is 54.4 Å². The molecule has 0 fully saturated rings. The lowest BCUT2D eigenvalue weighted by Gasteiger charge is -2.19. The van der Waals surface area contributed by atoms with Crippen LogP contribution in [0.3, 0.4) is 0 Å². The number of imidazole rings is 1. The van der Waals surface area contributed by atoms with Crippen LogP contribution in [0.15, 0.2) is 73.1 Å². The minimum atomic E-state index is -0.258. The Balaban J connectivity index is 1.48. The maximum absolute atomic E-state index is 13.7. The van der Waals surface area contributed by atoms with Crippen LogP contribution in [0.4, 0.5) is 10.3 Å². The summed E-state index contributed by atoms with van der Waals surface area (Å²) < 4.78 is 18.3. The number of para-hydroxylation sites is 1. The molecule has 1 aliphatic rings. The van der Waals surface area contributed by atoms with Crippen molar-refractivity contribution in [1.29, 1.82) is 0 Å². The standard InChI is InChI=1S/C27H25FN6/c1-2-29-27-30-15-13-22(31-27)26-25(19-7-9-20(28)10-8-19)32-24-12-11-21(34(24)26)17-33-16-14-18-5-3-4-6-23(18)33/h3-10,13-16,21H,2,11-12,17H2,1H3,(H,29,30,31)/t21-/m0/s1. The molecule has 0 saturated carbocycles. The molecule has 0 saturated heterocycles. The summed E-state index contributed by atoms with van der Waals surface area (Å²) in [5.74, 6) is 1.37. The van der Waals surface area contributed by atoms with Gasteiger partial charge < -0.3 is 14.5 Å². The third kappa shape index (κ3) is 3.53. The van der Waals surface area contributed by atoms with E-state index in [1.165, 1.54) is 23.0 Å². The van der Waals surface area contributed by atoms with E-state index in [0.29, 0.717) is 5.95 Å². The summed E-state index contributed by atoms with van der Waals surface area (Å²) in [6.45, 7) is 3.61. The number of nitrogens with zero attached hydrogens (tertiary/aromatic N) is 5. The van der Waals surface area contributed by atoms with E-state index in [-0.39, 0.29) is 11.9 Å². The molecule has 0 amide bonds. The molecule has 6 nitrogen and oxygen atoms in total. The molecular weight excluding hydrogens is 427 g/mol. The average molecular weight is 453 g/mol. The molecule has 0 radical (unpaired) electrons. The zero-order valence-electron chi connectivity index (χ0n) is 18.9. The SMILES string of the molecule is CCNc1nccc(-c2c(-c3ccc(F)cc3)nc3n2[C@H](Cn2ccc4ccccc42)CC3)n1. The number of nitrogens with one attached hydrogen (secondary N) is 1. The maximum Gasteiger partial charge on any atom is 0.223 e. The lowest BCUT2D eigenvalue weighted by Crippen LogP contribution is -2.14. The van der Waals surface area contributed by atoms with E-state index in [4.69, 9.17) is 9.97 Å². The Labute approximate surface area is 197 Å². The molecule has 4 heterocycles. The van der Waals surface area contributed by atoms with Crippen molar-refractivity contribution in [3.8, 4) is 22.6 Å². The Morgan fingerprint density at radius 3 is 2.74 bits per heavy atom. The third-order valence-electron chi connectivity index (χ3n) is 6.49. The molecule has 1 atom stereocenters. The molecule has 3 aromatic heterocycles. The second-order valence-corrected chi connectivity index (χ2v) is 8.62. The summed E-state index contributed by atoms with van der Waals surface area (Å²) in [5.41, 5.74) is 4.72. The number of aromatic nitrogens is 5. The van der Waals surface area contributed by atoms with Gasteiger partial charge in [0.1, 0.15) is 11.6 Å². The molecule has 2 aromatic carbocycles. The van der Waals surface area contributed by atoms with Gasteiger partial charge in [-0.25, -0.2) is 19.3 Å². The topological polar surface area (TPSA) is 60.6 Å². The lowest BCUT2D eigenvalue weighted by molar-refractivity contribution is 0.459. The lowest BCUT2D eigenvalue weighted by atomic mass is 10.1. The van der Waals surface area contributed by atoms with E-state index >= 15 is 0 Å². The van der Waals surface area contributed by atoms with Crippen LogP contribution < -0.4 is 5.32 Å². The Morgan fingerprint density at radius 2 is 1.88 bits per heavy atom. The first-order valence-corrected chi connectivity index (χ1v) is 11.7. The summed E-state index contributed by atoms with van der Waals surface area (Å²) in [7, 11) is 0. The van der Waals surface area contributed by atoms with Crippen molar-refractivity contribution in [1.82, 2.24) is 24.1 Å². The Bertz CT molecular complexity index is 1470. The van der Waals surface area contributed by atoms with Gasteiger partial charge in [0, 0.05) is 43.0 Å². The van der Waals surface area contributed by atoms with Crippen LogP contribution in [-0.4, -0.2) is 30.6 Å². The number of hydrogen-bond donors (Lipinski definition) is 1. The highest BCUT2D eigenvalue weighted by Crippen LogP contribution is 2.40. The predicted molar refractivity (Wildman–Crippen MR) is 132 cm³/mol. The first kappa shape index (κ1) is 20.6. The summed E-state index contributed by atoms with van der Waals surface area (Å²) >= 11 is 0. The highest BCUT2D eigenvalue weighted by molar-refractivity contribution is 5.80. The summed E-state index contributed by atoms with van der Waals surface area (Å²) in [5, 5.41) is 4.45. The van der Waals surface area contributed by atoms with E-state index in [2.05, 4.69) is 56.0 Å². The fourth-order valence-corrected chi connectivity index (χ4v) is 4.96. The van der Waals surface area contributed by atoms with Gasteiger partial charge in [0.25, 0.3) is 0 Å². The molecule has 0 aliphatic carbocycles. The molecule has 0 spiro atoms. The molecule has 1 aliphatic heterocycles. The zero-order valence-corrected chi connectivity index (χ0v) is 18.9. The quantitative estimate of drug-likeness (QED) is 0.358. The van der Waals surface area contributed by atoms with E-state index < -0.39 is 0 Å². The van der Waals surface area contributed by atoms with Crippen molar-refractivity contribution >= 4 is 16.9 Å². The van der Waals surface area contributed by atoms with Crippen molar-refractivity contribution in [3.05, 3.63) is 84.7 Å². The van der Waals surface area contributed by atoms with Gasteiger partial charge in [-0.1, -0.05) is 18.2 Å². The largest absolute Gasteiger partial charge is 0.354 e. The molecule has 0 bridgehead atoms. The normalized spacial score (nSPS) is 15.1. The number of aryl methyl sites for hydroxylation is 1. The number of halogens is 1. The van der Waals surface area contributed by atoms with Crippen LogP contribution in [0.2, 0.25) is 0 Å². The smallest absolute Gasteiger partial charge is 0.223 e. The first-order chi connectivity index (χ1) is 16.7. The minimum Gasteiger partial charge on any atom is -0.354 e. The van der Waals surface area contributed by atoms with Crippen LogP contribution >= 0.6 is 0 Å². The highest BCUT2D eigenvalue weighted by atomic mass is 19.1. The van der Waals surface area contributed by atoms with E-state index in [9.17, 15) is 4.39 Å². The van der Waals surface area contributed by atoms with Gasteiger partial charge in [0.15, 0.2) is 0 Å². The monoisotopic (exact) mass is 452 g/mol. The van der Waals surface area contributed by atoms with Gasteiger partial charge >= 0.3 is 0 Å². The van der Waals surface area contributed by atoms with Gasteiger partial charge in [-0.2, -0.15) is 0 Å². The third-order valence-corrected chi connectivity index (χ3v) is 6.49. The van der Waals surface area contributed by atoms with Crippen molar-refractivity contribution in [2.24, 2.45) is 0 Å². The Kier molecular flexibility index (Phi) is 5.09. The molecule has 1 N–H and O–H groups in total. The number of anilines is 1. The van der Waals surface area contributed by atoms with Gasteiger partial charge in [0.2, 0.25) is 5.95 Å². The molecule has 0 unspecified atom stereocenters. The summed E-state index contributed by atoms with van der Waals surface area (Å²) in [6, 6.07) is 19.3. The summed E-state index contributed by atoms with van der Waals surface area (Å²) in [4.78, 5) is 14.2. The van der Waals surface area contributed by atoms with Crippen LogP contribution in [0, 0.1) is 5.82 Å². The van der Waals surface area contributed by atoms with Crippen molar-refractivity contribution < 1.29 is 4.39 Å². The van der Waals surface area contributed by atoms with E-state index in [1.807, 2.05) is 13.0 Å². The number of benzene rings is 2. The van der Waals surface area contributed by atoms with Gasteiger partial charge in [-0.15, -0.1) is 0 Å². The minimum absolute atomic E-state index is 0.236. The Morgan fingerprint density at radius 1 is 1.03 bits per heavy atom. The average Bonchev–Trinajstić information content (AvgIpc) is 3.55. The summed E-state index contributed by atoms with van der Waals surface area (Å²) in [6.07, 6.45) is 5.84. The maximum atomic E-state index is 13.7. The molecule has 6 rings (SSSR count). The van der Waals surface area contributed by atoms with Crippen molar-refractivity contribution in [3.63, 3.8) is 0 Å². The first-order valence-electron chi connectivity index (χ1n) is 11.7. The molecule has 34 heavy (non-hydrogen) atoms. The van der Waals surface area contributed by atoms with Crippen LogP contribution in [-0.2, 0) is 13.0 Å². The number of hydrogen-bond acceptors (Lipinski definition) is 4. The second kappa shape index (κ2) is 8.41. The Hall–Kier alpha value is -4.00. The zero-order chi connectivity index (χ0) is 23.1. The fourth-order valence-electron chi connectivity index (χ4n) is 4.96. The number of rotatable bonds is 6. The fraction of sp³-hybridized carbons (Fsp3) is 0.222. The van der Waals surface area contributed by atoms with Crippen LogP contribution in [0.25, 0.3) is 33.5 Å². The number of fused-ring (bicyclic) bond motifs is 2. The van der Waals surface area contributed by atoms with E-state index in [1.54, 1.807) is 18.3 Å². The second-order valence-electron chi connectivity index (χ2n) is 8.62. The van der Waals surface area contributed by atoms with Crippen LogP contribution in [0.5, 0.6) is 0 Å². The van der Waals surface area contributed by atoms with Gasteiger partial charge in [-0.3, -0.25) is 0 Å². The van der Waals surface area contributed by atoms with Crippen molar-refractivity contribution in [2.75, 3.05) is 11.9 Å². The van der Waals surface area contributed by atoms with Crippen molar-refractivity contribution in [2.45, 2.75) is 32.4 Å². The molecule has 170 valence electrons.